The summed E-state index contributed by atoms with van der Waals surface area (Å²) in [6, 6.07) is 27.6. The number of benzene rings is 4. The summed E-state index contributed by atoms with van der Waals surface area (Å²) in [6.07, 6.45) is 2.52. The van der Waals surface area contributed by atoms with Crippen LogP contribution in [0.25, 0.3) is 11.1 Å². The molecular weight excluding hydrogens is 504 g/mol. The molecule has 4 aromatic rings. The predicted octanol–water partition coefficient (Wildman–Crippen LogP) is 6.34. The van der Waals surface area contributed by atoms with Crippen molar-refractivity contribution in [3.63, 3.8) is 0 Å². The zero-order valence-electron chi connectivity index (χ0n) is 22.3. The molecule has 2 aliphatic heterocycles. The molecule has 6 heteroatoms. The minimum absolute atomic E-state index is 0.126. The summed E-state index contributed by atoms with van der Waals surface area (Å²) in [5.74, 6) is 1.84. The van der Waals surface area contributed by atoms with E-state index in [0.29, 0.717) is 23.5 Å². The molecule has 0 saturated carbocycles. The monoisotopic (exact) mass is 534 g/mol. The molecular formula is C34H30O6. The van der Waals surface area contributed by atoms with E-state index in [1.54, 1.807) is 0 Å². The van der Waals surface area contributed by atoms with Gasteiger partial charge in [0.15, 0.2) is 0 Å². The minimum Gasteiger partial charge on any atom is -0.458 e. The summed E-state index contributed by atoms with van der Waals surface area (Å²) < 4.78 is 28.0. The van der Waals surface area contributed by atoms with E-state index in [1.165, 1.54) is 16.7 Å². The van der Waals surface area contributed by atoms with Crippen LogP contribution < -0.4 is 14.2 Å². The molecule has 3 aliphatic rings. The molecule has 2 heterocycles. The zero-order valence-corrected chi connectivity index (χ0v) is 22.3. The summed E-state index contributed by atoms with van der Waals surface area (Å²) in [6.45, 7) is 3.96. The van der Waals surface area contributed by atoms with Crippen molar-refractivity contribution in [2.24, 2.45) is 0 Å². The summed E-state index contributed by atoms with van der Waals surface area (Å²) >= 11 is 0. The maximum Gasteiger partial charge on any atom is 0.343 e. The van der Waals surface area contributed by atoms with Gasteiger partial charge in [-0.05, 0) is 81.9 Å². The molecule has 40 heavy (non-hydrogen) atoms. The lowest BCUT2D eigenvalue weighted by Crippen LogP contribution is -2.09. The van der Waals surface area contributed by atoms with Gasteiger partial charge < -0.3 is 23.7 Å². The van der Waals surface area contributed by atoms with E-state index < -0.39 is 0 Å². The van der Waals surface area contributed by atoms with E-state index in [2.05, 4.69) is 31.2 Å². The third-order valence-corrected chi connectivity index (χ3v) is 7.78. The van der Waals surface area contributed by atoms with Crippen molar-refractivity contribution in [1.82, 2.24) is 0 Å². The van der Waals surface area contributed by atoms with Crippen LogP contribution in [0.1, 0.15) is 45.5 Å². The van der Waals surface area contributed by atoms with Gasteiger partial charge >= 0.3 is 5.97 Å². The van der Waals surface area contributed by atoms with Gasteiger partial charge in [0, 0.05) is 18.8 Å². The fourth-order valence-electron chi connectivity index (χ4n) is 5.34. The molecule has 0 radical (unpaired) electrons. The first-order chi connectivity index (χ1) is 19.6. The largest absolute Gasteiger partial charge is 0.458 e. The number of fused-ring (bicyclic) bond motifs is 3. The number of ether oxygens (including phenoxy) is 5. The van der Waals surface area contributed by atoms with E-state index in [0.717, 1.165) is 54.2 Å². The average Bonchev–Trinajstić information content (AvgIpc) is 3.92. The average molecular weight is 535 g/mol. The number of carbonyl (C=O) groups is 1. The lowest BCUT2D eigenvalue weighted by Gasteiger charge is -2.12. The number of rotatable bonds is 10. The summed E-state index contributed by atoms with van der Waals surface area (Å²) in [4.78, 5) is 12.8. The van der Waals surface area contributed by atoms with Crippen LogP contribution in [0, 0.1) is 0 Å². The van der Waals surface area contributed by atoms with Gasteiger partial charge in [-0.2, -0.15) is 0 Å². The zero-order chi connectivity index (χ0) is 27.1. The van der Waals surface area contributed by atoms with Gasteiger partial charge in [-0.15, -0.1) is 0 Å². The third-order valence-electron chi connectivity index (χ3n) is 7.78. The van der Waals surface area contributed by atoms with Crippen LogP contribution in [0.5, 0.6) is 17.2 Å². The first-order valence-corrected chi connectivity index (χ1v) is 13.8. The number of carbonyl (C=O) groups excluding carboxylic acids is 1. The highest BCUT2D eigenvalue weighted by molar-refractivity contribution is 5.91. The first-order valence-electron chi connectivity index (χ1n) is 13.8. The second-order valence-corrected chi connectivity index (χ2v) is 10.7. The molecule has 2 fully saturated rings. The summed E-state index contributed by atoms with van der Waals surface area (Å²) in [5, 5.41) is 0. The lowest BCUT2D eigenvalue weighted by atomic mass is 9.99. The molecule has 0 bridgehead atoms. The van der Waals surface area contributed by atoms with E-state index in [1.807, 2.05) is 60.7 Å². The Morgan fingerprint density at radius 2 is 1.20 bits per heavy atom. The second-order valence-electron chi connectivity index (χ2n) is 10.7. The first kappa shape index (κ1) is 24.9. The molecule has 2 saturated heterocycles. The molecule has 4 aromatic carbocycles. The molecule has 1 aliphatic carbocycles. The van der Waals surface area contributed by atoms with Crippen LogP contribution in [0.15, 0.2) is 84.9 Å². The van der Waals surface area contributed by atoms with E-state index in [9.17, 15) is 4.79 Å². The Balaban J connectivity index is 0.974. The normalized spacial score (nSPS) is 19.9. The van der Waals surface area contributed by atoms with Crippen molar-refractivity contribution in [1.29, 1.82) is 0 Å². The Hall–Kier alpha value is -4.13. The molecule has 6 nitrogen and oxygen atoms in total. The Labute approximate surface area is 233 Å². The Morgan fingerprint density at radius 1 is 0.700 bits per heavy atom. The summed E-state index contributed by atoms with van der Waals surface area (Å²) in [7, 11) is 0. The van der Waals surface area contributed by atoms with Crippen molar-refractivity contribution in [2.75, 3.05) is 20.0 Å². The number of epoxide rings is 2. The Morgan fingerprint density at radius 3 is 1.80 bits per heavy atom. The molecule has 0 amide bonds. The van der Waals surface area contributed by atoms with Gasteiger partial charge in [-0.1, -0.05) is 43.3 Å². The van der Waals surface area contributed by atoms with E-state index in [-0.39, 0.29) is 18.7 Å². The summed E-state index contributed by atoms with van der Waals surface area (Å²) in [5.41, 5.74) is 7.56. The molecule has 7 rings (SSSR count). The van der Waals surface area contributed by atoms with Crippen molar-refractivity contribution in [3.05, 3.63) is 113 Å². The van der Waals surface area contributed by atoms with E-state index >= 15 is 0 Å². The third kappa shape index (κ3) is 5.46. The Bertz CT molecular complexity index is 1530. The quantitative estimate of drug-likeness (QED) is 0.102. The van der Waals surface area contributed by atoms with Crippen LogP contribution >= 0.6 is 0 Å². The van der Waals surface area contributed by atoms with Crippen LogP contribution in [-0.4, -0.2) is 38.2 Å². The van der Waals surface area contributed by atoms with E-state index in [4.69, 9.17) is 23.7 Å². The van der Waals surface area contributed by atoms with Gasteiger partial charge in [-0.25, -0.2) is 4.79 Å². The van der Waals surface area contributed by atoms with Gasteiger partial charge in [0.1, 0.15) is 17.2 Å². The van der Waals surface area contributed by atoms with Crippen molar-refractivity contribution < 1.29 is 28.5 Å². The van der Waals surface area contributed by atoms with Crippen LogP contribution in [0.3, 0.4) is 0 Å². The molecule has 0 aromatic heterocycles. The number of esters is 1. The SMILES string of the molecule is CC1c2cc(OCOc3ccc(CC4CO4)cc3)ccc2-c2ccc(OC(=O)c3ccc(CC4CO4)cc3)cc21. The molecule has 3 unspecified atom stereocenters. The van der Waals surface area contributed by atoms with Crippen LogP contribution in [0.4, 0.5) is 0 Å². The highest BCUT2D eigenvalue weighted by Gasteiger charge is 2.27. The standard InChI is InChI=1S/C34H30O6/c1-21-32-16-26(39-20-38-25-8-4-23(5-9-25)15-29-19-37-29)10-12-30(32)31-13-11-27(17-33(21)31)40-34(35)24-6-2-22(3-7-24)14-28-18-36-28/h2-13,16-17,21,28-29H,14-15,18-20H2,1H3. The van der Waals surface area contributed by atoms with Gasteiger partial charge in [0.2, 0.25) is 6.79 Å². The van der Waals surface area contributed by atoms with Crippen molar-refractivity contribution in [3.8, 4) is 28.4 Å². The Kier molecular flexibility index (Phi) is 6.50. The highest BCUT2D eigenvalue weighted by Crippen LogP contribution is 2.47. The molecule has 3 atom stereocenters. The van der Waals surface area contributed by atoms with Crippen LogP contribution in [-0.2, 0) is 22.3 Å². The predicted molar refractivity (Wildman–Crippen MR) is 150 cm³/mol. The number of hydrogen-bond donors (Lipinski definition) is 0. The van der Waals surface area contributed by atoms with Gasteiger partial charge in [-0.3, -0.25) is 0 Å². The maximum absolute atomic E-state index is 12.8. The second kappa shape index (κ2) is 10.5. The lowest BCUT2D eigenvalue weighted by molar-refractivity contribution is 0.0734. The van der Waals surface area contributed by atoms with Crippen molar-refractivity contribution in [2.45, 2.75) is 37.9 Å². The highest BCUT2D eigenvalue weighted by atomic mass is 16.7. The molecule has 0 spiro atoms. The number of hydrogen-bond acceptors (Lipinski definition) is 6. The van der Waals surface area contributed by atoms with Gasteiger partial charge in [0.25, 0.3) is 0 Å². The molecule has 0 N–H and O–H groups in total. The van der Waals surface area contributed by atoms with Crippen molar-refractivity contribution >= 4 is 5.97 Å². The van der Waals surface area contributed by atoms with Gasteiger partial charge in [0.05, 0.1) is 31.0 Å². The maximum atomic E-state index is 12.8. The minimum atomic E-state index is -0.361. The molecule has 202 valence electrons. The fourth-order valence-corrected chi connectivity index (χ4v) is 5.34. The smallest absolute Gasteiger partial charge is 0.343 e. The van der Waals surface area contributed by atoms with Crippen LogP contribution in [0.2, 0.25) is 0 Å². The topological polar surface area (TPSA) is 69.8 Å². The fraction of sp³-hybridized carbons (Fsp3) is 0.265.